The zero-order valence-electron chi connectivity index (χ0n) is 13.0. The fourth-order valence-corrected chi connectivity index (χ4v) is 1.96. The number of unbranched alkanes of at least 4 members (excludes halogenated alkanes) is 2. The Labute approximate surface area is 114 Å². The molecule has 2 heteroatoms. The van der Waals surface area contributed by atoms with E-state index in [0.29, 0.717) is 11.8 Å². The van der Waals surface area contributed by atoms with E-state index in [1.54, 1.807) is 0 Å². The van der Waals surface area contributed by atoms with E-state index in [0.717, 1.165) is 26.4 Å². The Bertz CT molecular complexity index is 141. The van der Waals surface area contributed by atoms with Crippen molar-refractivity contribution in [3.63, 3.8) is 0 Å². The van der Waals surface area contributed by atoms with Gasteiger partial charge in [-0.1, -0.05) is 53.4 Å². The molecule has 0 aromatic rings. The first-order valence-electron chi connectivity index (χ1n) is 7.86. The van der Waals surface area contributed by atoms with Gasteiger partial charge in [0.25, 0.3) is 0 Å². The first-order chi connectivity index (χ1) is 8.70. The average Bonchev–Trinajstić information content (AvgIpc) is 2.37. The van der Waals surface area contributed by atoms with Gasteiger partial charge >= 0.3 is 0 Å². The topological polar surface area (TPSA) is 18.5 Å². The van der Waals surface area contributed by atoms with Crippen molar-refractivity contribution in [3.05, 3.63) is 0 Å². The second kappa shape index (κ2) is 13.4. The molecule has 0 aromatic heterocycles. The summed E-state index contributed by atoms with van der Waals surface area (Å²) in [4.78, 5) is 0. The molecule has 0 rings (SSSR count). The monoisotopic (exact) mass is 258 g/mol. The molecular weight excluding hydrogens is 224 g/mol. The van der Waals surface area contributed by atoms with Crippen molar-refractivity contribution in [1.82, 2.24) is 0 Å². The van der Waals surface area contributed by atoms with Crippen molar-refractivity contribution >= 4 is 0 Å². The molecule has 110 valence electrons. The summed E-state index contributed by atoms with van der Waals surface area (Å²) in [5.74, 6) is 1.38. The quantitative estimate of drug-likeness (QED) is 0.447. The molecule has 0 aliphatic rings. The zero-order valence-corrected chi connectivity index (χ0v) is 13.0. The Morgan fingerprint density at radius 1 is 0.722 bits per heavy atom. The minimum Gasteiger partial charge on any atom is -0.379 e. The molecule has 0 radical (unpaired) electrons. The summed E-state index contributed by atoms with van der Waals surface area (Å²) >= 11 is 0. The van der Waals surface area contributed by atoms with Crippen LogP contribution in [-0.2, 0) is 9.47 Å². The van der Waals surface area contributed by atoms with Crippen molar-refractivity contribution in [1.29, 1.82) is 0 Å². The van der Waals surface area contributed by atoms with Crippen LogP contribution in [0, 0.1) is 11.8 Å². The summed E-state index contributed by atoms with van der Waals surface area (Å²) in [6.07, 6.45) is 7.76. The van der Waals surface area contributed by atoms with Crippen molar-refractivity contribution < 1.29 is 9.47 Å². The third kappa shape index (κ3) is 12.4. The van der Waals surface area contributed by atoms with E-state index in [4.69, 9.17) is 9.47 Å². The lowest BCUT2D eigenvalue weighted by atomic mass is 10.1. The predicted octanol–water partition coefficient (Wildman–Crippen LogP) is 4.67. The van der Waals surface area contributed by atoms with Gasteiger partial charge in [0.15, 0.2) is 0 Å². The summed E-state index contributed by atoms with van der Waals surface area (Å²) in [7, 11) is 0. The minimum absolute atomic E-state index is 0.688. The predicted molar refractivity (Wildman–Crippen MR) is 79.0 cm³/mol. The summed E-state index contributed by atoms with van der Waals surface area (Å²) in [5, 5.41) is 0. The molecule has 18 heavy (non-hydrogen) atoms. The molecule has 0 saturated heterocycles. The van der Waals surface area contributed by atoms with Crippen LogP contribution in [0.25, 0.3) is 0 Å². The van der Waals surface area contributed by atoms with Crippen molar-refractivity contribution in [2.75, 3.05) is 26.4 Å². The Morgan fingerprint density at radius 2 is 1.11 bits per heavy atom. The van der Waals surface area contributed by atoms with Gasteiger partial charge in [0.2, 0.25) is 0 Å². The molecule has 0 spiro atoms. The van der Waals surface area contributed by atoms with E-state index in [2.05, 4.69) is 27.7 Å². The maximum Gasteiger partial charge on any atom is 0.0700 e. The summed E-state index contributed by atoms with van der Waals surface area (Å²) in [6.45, 7) is 12.3. The summed E-state index contributed by atoms with van der Waals surface area (Å²) < 4.78 is 11.3. The standard InChI is InChI=1S/C16H34O2/c1-5-7-9-15(3)13-17-11-12-18-14-16(4)10-8-6-2/h15-16H,5-14H2,1-4H3. The van der Waals surface area contributed by atoms with Crippen molar-refractivity contribution in [2.45, 2.75) is 66.2 Å². The molecular formula is C16H34O2. The first kappa shape index (κ1) is 17.9. The normalized spacial score (nSPS) is 14.7. The van der Waals surface area contributed by atoms with Crippen LogP contribution in [0.4, 0.5) is 0 Å². The second-order valence-electron chi connectivity index (χ2n) is 5.64. The molecule has 0 bridgehead atoms. The lowest BCUT2D eigenvalue weighted by molar-refractivity contribution is 0.0234. The molecule has 0 amide bonds. The van der Waals surface area contributed by atoms with Crippen molar-refractivity contribution in [2.24, 2.45) is 11.8 Å². The number of rotatable bonds is 13. The van der Waals surface area contributed by atoms with E-state index in [9.17, 15) is 0 Å². The Kier molecular flexibility index (Phi) is 13.3. The van der Waals surface area contributed by atoms with Gasteiger partial charge in [-0.3, -0.25) is 0 Å². The molecule has 0 N–H and O–H groups in total. The molecule has 2 unspecified atom stereocenters. The van der Waals surface area contributed by atoms with Crippen LogP contribution in [0.1, 0.15) is 66.2 Å². The third-order valence-corrected chi connectivity index (χ3v) is 3.28. The Balaban J connectivity index is 3.19. The largest absolute Gasteiger partial charge is 0.379 e. The van der Waals surface area contributed by atoms with Gasteiger partial charge in [-0.25, -0.2) is 0 Å². The maximum atomic E-state index is 5.63. The highest BCUT2D eigenvalue weighted by Crippen LogP contribution is 2.08. The number of hydrogen-bond donors (Lipinski definition) is 0. The van der Waals surface area contributed by atoms with Gasteiger partial charge in [-0.15, -0.1) is 0 Å². The van der Waals surface area contributed by atoms with Crippen LogP contribution >= 0.6 is 0 Å². The van der Waals surface area contributed by atoms with Crippen LogP contribution in [0.5, 0.6) is 0 Å². The molecule has 0 saturated carbocycles. The molecule has 0 heterocycles. The van der Waals surface area contributed by atoms with E-state index >= 15 is 0 Å². The zero-order chi connectivity index (χ0) is 13.6. The summed E-state index contributed by atoms with van der Waals surface area (Å²) in [6, 6.07) is 0. The molecule has 2 nitrogen and oxygen atoms in total. The van der Waals surface area contributed by atoms with E-state index in [1.165, 1.54) is 38.5 Å². The van der Waals surface area contributed by atoms with E-state index < -0.39 is 0 Å². The number of hydrogen-bond acceptors (Lipinski definition) is 2. The van der Waals surface area contributed by atoms with Crippen LogP contribution in [0.3, 0.4) is 0 Å². The Hall–Kier alpha value is -0.0800. The van der Waals surface area contributed by atoms with Crippen molar-refractivity contribution in [3.8, 4) is 0 Å². The molecule has 2 atom stereocenters. The molecule has 0 aromatic carbocycles. The van der Waals surface area contributed by atoms with Gasteiger partial charge in [-0.2, -0.15) is 0 Å². The molecule has 0 fully saturated rings. The first-order valence-corrected chi connectivity index (χ1v) is 7.86. The average molecular weight is 258 g/mol. The highest BCUT2D eigenvalue weighted by Gasteiger charge is 2.03. The lowest BCUT2D eigenvalue weighted by Gasteiger charge is -2.13. The smallest absolute Gasteiger partial charge is 0.0700 e. The lowest BCUT2D eigenvalue weighted by Crippen LogP contribution is -2.13. The molecule has 0 aliphatic carbocycles. The highest BCUT2D eigenvalue weighted by molar-refractivity contribution is 4.52. The number of ether oxygens (including phenoxy) is 2. The van der Waals surface area contributed by atoms with Crippen LogP contribution < -0.4 is 0 Å². The molecule has 0 aliphatic heterocycles. The second-order valence-corrected chi connectivity index (χ2v) is 5.64. The highest BCUT2D eigenvalue weighted by atomic mass is 16.5. The maximum absolute atomic E-state index is 5.63. The fourth-order valence-electron chi connectivity index (χ4n) is 1.96. The minimum atomic E-state index is 0.688. The van der Waals surface area contributed by atoms with Crippen LogP contribution in [0.2, 0.25) is 0 Å². The van der Waals surface area contributed by atoms with Gasteiger partial charge < -0.3 is 9.47 Å². The Morgan fingerprint density at radius 3 is 1.44 bits per heavy atom. The SMILES string of the molecule is CCCCC(C)COCCOCC(C)CCCC. The van der Waals surface area contributed by atoms with Gasteiger partial charge in [-0.05, 0) is 24.7 Å². The van der Waals surface area contributed by atoms with E-state index in [-0.39, 0.29) is 0 Å². The van der Waals surface area contributed by atoms with Gasteiger partial charge in [0.1, 0.15) is 0 Å². The van der Waals surface area contributed by atoms with Gasteiger partial charge in [0, 0.05) is 13.2 Å². The van der Waals surface area contributed by atoms with Gasteiger partial charge in [0.05, 0.1) is 13.2 Å². The van der Waals surface area contributed by atoms with Crippen LogP contribution in [0.15, 0.2) is 0 Å². The fraction of sp³-hybridized carbons (Fsp3) is 1.00. The van der Waals surface area contributed by atoms with E-state index in [1.807, 2.05) is 0 Å². The third-order valence-electron chi connectivity index (χ3n) is 3.28. The summed E-state index contributed by atoms with van der Waals surface area (Å²) in [5.41, 5.74) is 0. The van der Waals surface area contributed by atoms with Crippen LogP contribution in [-0.4, -0.2) is 26.4 Å².